The third-order valence-electron chi connectivity index (χ3n) is 5.91. The van der Waals surface area contributed by atoms with Gasteiger partial charge in [0.25, 0.3) is 0 Å². The summed E-state index contributed by atoms with van der Waals surface area (Å²) in [6.45, 7) is 0. The molecule has 0 amide bonds. The summed E-state index contributed by atoms with van der Waals surface area (Å²) in [5, 5.41) is 0. The number of benzene rings is 4. The second-order valence-electron chi connectivity index (χ2n) is 7.81. The Morgan fingerprint density at radius 3 is 1.42 bits per heavy atom. The average Bonchev–Trinajstić information content (AvgIpc) is 3.55. The molecule has 2 heteroatoms. The van der Waals surface area contributed by atoms with Gasteiger partial charge in [-0.15, -0.1) is 5.73 Å². The molecular formula is C29H20F2. The Kier molecular flexibility index (Phi) is 4.86. The van der Waals surface area contributed by atoms with Gasteiger partial charge in [0.2, 0.25) is 0 Å². The van der Waals surface area contributed by atoms with E-state index >= 15 is 0 Å². The van der Waals surface area contributed by atoms with Crippen molar-refractivity contribution in [1.82, 2.24) is 0 Å². The summed E-state index contributed by atoms with van der Waals surface area (Å²) in [7, 11) is 0. The summed E-state index contributed by atoms with van der Waals surface area (Å²) in [5.41, 5.74) is 9.55. The highest BCUT2D eigenvalue weighted by molar-refractivity contribution is 5.81. The molecule has 0 aliphatic heterocycles. The zero-order valence-corrected chi connectivity index (χ0v) is 16.9. The minimum atomic E-state index is -0.288. The highest BCUT2D eigenvalue weighted by Gasteiger charge is 2.51. The Morgan fingerprint density at radius 2 is 1.00 bits per heavy atom. The van der Waals surface area contributed by atoms with Gasteiger partial charge in [0.15, 0.2) is 0 Å². The third kappa shape index (κ3) is 3.63. The molecule has 0 atom stereocenters. The Hall–Kier alpha value is -3.74. The Morgan fingerprint density at radius 1 is 0.581 bits per heavy atom. The lowest BCUT2D eigenvalue weighted by Gasteiger charge is -2.16. The molecule has 0 heterocycles. The van der Waals surface area contributed by atoms with Crippen LogP contribution in [0.2, 0.25) is 0 Å². The molecule has 1 aliphatic rings. The van der Waals surface area contributed by atoms with E-state index in [2.05, 4.69) is 54.3 Å². The number of hydrogen-bond donors (Lipinski definition) is 0. The molecule has 4 aromatic rings. The zero-order valence-electron chi connectivity index (χ0n) is 16.9. The van der Waals surface area contributed by atoms with Gasteiger partial charge >= 0.3 is 0 Å². The van der Waals surface area contributed by atoms with Crippen LogP contribution in [-0.4, -0.2) is 0 Å². The van der Waals surface area contributed by atoms with E-state index in [9.17, 15) is 8.78 Å². The van der Waals surface area contributed by atoms with Gasteiger partial charge in [0.1, 0.15) is 11.6 Å². The van der Waals surface area contributed by atoms with Crippen molar-refractivity contribution in [2.75, 3.05) is 0 Å². The molecule has 0 nitrogen and oxygen atoms in total. The summed E-state index contributed by atoms with van der Waals surface area (Å²) in [5.74, 6) is -0.576. The van der Waals surface area contributed by atoms with Crippen LogP contribution in [0.15, 0.2) is 120 Å². The first-order chi connectivity index (χ1) is 15.2. The van der Waals surface area contributed by atoms with E-state index in [1.807, 2.05) is 12.1 Å². The van der Waals surface area contributed by atoms with Crippen molar-refractivity contribution in [1.29, 1.82) is 0 Å². The Balaban J connectivity index is 1.74. The van der Waals surface area contributed by atoms with Crippen LogP contribution in [0.3, 0.4) is 0 Å². The van der Waals surface area contributed by atoms with E-state index in [4.69, 9.17) is 0 Å². The minimum absolute atomic E-state index is 0.228. The minimum Gasteiger partial charge on any atom is -0.207 e. The van der Waals surface area contributed by atoms with Gasteiger partial charge in [-0.1, -0.05) is 84.9 Å². The van der Waals surface area contributed by atoms with E-state index in [1.54, 1.807) is 24.3 Å². The second-order valence-corrected chi connectivity index (χ2v) is 7.81. The molecule has 150 valence electrons. The van der Waals surface area contributed by atoms with Gasteiger partial charge < -0.3 is 0 Å². The number of hydrogen-bond acceptors (Lipinski definition) is 0. The van der Waals surface area contributed by atoms with Crippen LogP contribution in [0.1, 0.15) is 28.7 Å². The summed E-state index contributed by atoms with van der Waals surface area (Å²) in [4.78, 5) is 0. The summed E-state index contributed by atoms with van der Waals surface area (Å²) < 4.78 is 27.1. The molecule has 4 aromatic carbocycles. The van der Waals surface area contributed by atoms with Crippen molar-refractivity contribution in [2.45, 2.75) is 11.8 Å². The zero-order chi connectivity index (χ0) is 21.3. The molecular weight excluding hydrogens is 386 g/mol. The molecule has 31 heavy (non-hydrogen) atoms. The number of halogens is 2. The van der Waals surface area contributed by atoms with Crippen molar-refractivity contribution in [3.8, 4) is 0 Å². The molecule has 0 spiro atoms. The molecule has 5 rings (SSSR count). The molecule has 0 aromatic heterocycles. The molecule has 0 saturated heterocycles. The normalized spacial score (nSPS) is 14.1. The standard InChI is InChI=1S/C29H20F2/c30-26-15-11-21(12-16-26)28(22-13-17-27(31)18-14-22)19-25-20-29(25,23-7-3-1-4-8-23)24-9-5-2-6-10-24/h1-18H,20H2. The maximum Gasteiger partial charge on any atom is 0.123 e. The highest BCUT2D eigenvalue weighted by Crippen LogP contribution is 2.58. The predicted molar refractivity (Wildman–Crippen MR) is 121 cm³/mol. The predicted octanol–water partition coefficient (Wildman–Crippen LogP) is 7.31. The smallest absolute Gasteiger partial charge is 0.123 e. The SMILES string of the molecule is Fc1ccc(C(=C=C2CC2(c2ccccc2)c2ccccc2)c2ccc(F)cc2)cc1. The summed E-state index contributed by atoms with van der Waals surface area (Å²) in [6, 6.07) is 33.6. The van der Waals surface area contributed by atoms with Crippen molar-refractivity contribution in [3.05, 3.63) is 154 Å². The van der Waals surface area contributed by atoms with Crippen LogP contribution in [0.5, 0.6) is 0 Å². The molecule has 1 aliphatic carbocycles. The lowest BCUT2D eigenvalue weighted by Crippen LogP contribution is -2.08. The van der Waals surface area contributed by atoms with Crippen LogP contribution in [0.25, 0.3) is 5.57 Å². The molecule has 0 radical (unpaired) electrons. The molecule has 0 unspecified atom stereocenters. The van der Waals surface area contributed by atoms with Gasteiger partial charge in [-0.25, -0.2) is 8.78 Å². The number of allylic oxidation sites excluding steroid dienone is 1. The topological polar surface area (TPSA) is 0 Å². The van der Waals surface area contributed by atoms with Gasteiger partial charge in [-0.2, -0.15) is 0 Å². The van der Waals surface area contributed by atoms with Gasteiger partial charge in [0, 0.05) is 5.57 Å². The first-order valence-electron chi connectivity index (χ1n) is 10.3. The second kappa shape index (κ2) is 7.83. The van der Waals surface area contributed by atoms with Gasteiger partial charge in [-0.3, -0.25) is 0 Å². The quantitative estimate of drug-likeness (QED) is 0.312. The largest absolute Gasteiger partial charge is 0.207 e. The first kappa shape index (κ1) is 19.2. The Labute approximate surface area is 180 Å². The van der Waals surface area contributed by atoms with Crippen molar-refractivity contribution in [3.63, 3.8) is 0 Å². The van der Waals surface area contributed by atoms with Crippen LogP contribution < -0.4 is 0 Å². The fourth-order valence-corrected chi connectivity index (χ4v) is 4.23. The average molecular weight is 406 g/mol. The Bertz CT molecular complexity index is 1180. The summed E-state index contributed by atoms with van der Waals surface area (Å²) in [6.07, 6.45) is 0.854. The van der Waals surface area contributed by atoms with E-state index in [0.29, 0.717) is 0 Å². The van der Waals surface area contributed by atoms with Crippen LogP contribution in [-0.2, 0) is 5.41 Å². The van der Waals surface area contributed by atoms with Crippen LogP contribution >= 0.6 is 0 Å². The monoisotopic (exact) mass is 406 g/mol. The molecule has 0 N–H and O–H groups in total. The fraction of sp³-hybridized carbons (Fsp3) is 0.0690. The van der Waals surface area contributed by atoms with Crippen LogP contribution in [0.4, 0.5) is 8.78 Å². The maximum absolute atomic E-state index is 13.6. The maximum atomic E-state index is 13.6. The summed E-state index contributed by atoms with van der Waals surface area (Å²) >= 11 is 0. The highest BCUT2D eigenvalue weighted by atomic mass is 19.1. The molecule has 1 fully saturated rings. The van der Waals surface area contributed by atoms with Gasteiger partial charge in [-0.05, 0) is 58.5 Å². The van der Waals surface area contributed by atoms with E-state index in [-0.39, 0.29) is 17.0 Å². The molecule has 1 saturated carbocycles. The van der Waals surface area contributed by atoms with Crippen molar-refractivity contribution >= 4 is 5.57 Å². The van der Waals surface area contributed by atoms with Crippen molar-refractivity contribution < 1.29 is 8.78 Å². The van der Waals surface area contributed by atoms with E-state index in [0.717, 1.165) is 28.7 Å². The van der Waals surface area contributed by atoms with Gasteiger partial charge in [0.05, 0.1) is 5.41 Å². The van der Waals surface area contributed by atoms with E-state index < -0.39 is 0 Å². The third-order valence-corrected chi connectivity index (χ3v) is 5.91. The lowest BCUT2D eigenvalue weighted by molar-refractivity contribution is 0.627. The lowest BCUT2D eigenvalue weighted by atomic mass is 9.87. The first-order valence-corrected chi connectivity index (χ1v) is 10.3. The van der Waals surface area contributed by atoms with E-state index in [1.165, 1.54) is 35.4 Å². The molecule has 0 bridgehead atoms. The fourth-order valence-electron chi connectivity index (χ4n) is 4.23. The van der Waals surface area contributed by atoms with Crippen LogP contribution in [0, 0.1) is 11.6 Å². The number of rotatable bonds is 4. The van der Waals surface area contributed by atoms with Crippen molar-refractivity contribution in [2.24, 2.45) is 0 Å².